The van der Waals surface area contributed by atoms with Gasteiger partial charge < -0.3 is 20.1 Å². The standard InChI is InChI=1S/C19H29N5O3/c1-5-24-17(26)15-14(16(25)21-12(2)3)20-11-23(15)10-19(24,4)18(27)22-13-8-6-7-9-13/h11-13H,5-10H2,1-4H3,(H,21,25)(H,22,27). The molecule has 2 N–H and O–H groups in total. The monoisotopic (exact) mass is 375 g/mol. The van der Waals surface area contributed by atoms with Crippen molar-refractivity contribution >= 4 is 17.7 Å². The summed E-state index contributed by atoms with van der Waals surface area (Å²) in [7, 11) is 0. The fourth-order valence-electron chi connectivity index (χ4n) is 4.09. The third-order valence-electron chi connectivity index (χ3n) is 5.49. The van der Waals surface area contributed by atoms with E-state index in [1.807, 2.05) is 20.8 Å². The van der Waals surface area contributed by atoms with Crippen LogP contribution in [0.1, 0.15) is 74.4 Å². The maximum Gasteiger partial charge on any atom is 0.273 e. The molecule has 1 fully saturated rings. The molecule has 1 aromatic heterocycles. The second kappa shape index (κ2) is 7.32. The summed E-state index contributed by atoms with van der Waals surface area (Å²) in [6.45, 7) is 8.00. The molecule has 0 bridgehead atoms. The SMILES string of the molecule is CCN1C(=O)c2c(C(=O)NC(C)C)ncn2CC1(C)C(=O)NC1CCCC1. The molecule has 0 spiro atoms. The van der Waals surface area contributed by atoms with Gasteiger partial charge in [-0.3, -0.25) is 14.4 Å². The summed E-state index contributed by atoms with van der Waals surface area (Å²) in [5.41, 5.74) is -0.639. The number of fused-ring (bicyclic) bond motifs is 1. The Balaban J connectivity index is 1.90. The molecular weight excluding hydrogens is 346 g/mol. The van der Waals surface area contributed by atoms with Crippen LogP contribution in [0, 0.1) is 0 Å². The molecule has 8 nitrogen and oxygen atoms in total. The van der Waals surface area contributed by atoms with Gasteiger partial charge in [-0.25, -0.2) is 4.98 Å². The molecule has 3 rings (SSSR count). The number of nitrogens with zero attached hydrogens (tertiary/aromatic N) is 3. The van der Waals surface area contributed by atoms with Gasteiger partial charge in [0.05, 0.1) is 12.9 Å². The lowest BCUT2D eigenvalue weighted by atomic mass is 9.93. The summed E-state index contributed by atoms with van der Waals surface area (Å²) in [5, 5.41) is 5.89. The van der Waals surface area contributed by atoms with Crippen LogP contribution in [0.2, 0.25) is 0 Å². The van der Waals surface area contributed by atoms with Gasteiger partial charge in [-0.15, -0.1) is 0 Å². The van der Waals surface area contributed by atoms with E-state index in [9.17, 15) is 14.4 Å². The fraction of sp³-hybridized carbons (Fsp3) is 0.684. The molecule has 2 heterocycles. The van der Waals surface area contributed by atoms with Crippen molar-refractivity contribution in [2.75, 3.05) is 6.54 Å². The predicted molar refractivity (Wildman–Crippen MR) is 100 cm³/mol. The highest BCUT2D eigenvalue weighted by Crippen LogP contribution is 2.29. The molecule has 8 heteroatoms. The first-order chi connectivity index (χ1) is 12.8. The normalized spacial score (nSPS) is 22.9. The zero-order chi connectivity index (χ0) is 19.8. The molecule has 0 aromatic carbocycles. The maximum absolute atomic E-state index is 13.2. The van der Waals surface area contributed by atoms with Crippen LogP contribution in [0.4, 0.5) is 0 Å². The number of carbonyl (C=O) groups excluding carboxylic acids is 3. The van der Waals surface area contributed by atoms with Crippen LogP contribution in [0.3, 0.4) is 0 Å². The number of aromatic nitrogens is 2. The van der Waals surface area contributed by atoms with Crippen molar-refractivity contribution in [3.8, 4) is 0 Å². The number of amides is 3. The van der Waals surface area contributed by atoms with E-state index in [0.717, 1.165) is 25.7 Å². The molecule has 1 atom stereocenters. The van der Waals surface area contributed by atoms with E-state index in [4.69, 9.17) is 0 Å². The largest absolute Gasteiger partial charge is 0.351 e. The minimum atomic E-state index is -1.01. The van der Waals surface area contributed by atoms with E-state index in [2.05, 4.69) is 15.6 Å². The van der Waals surface area contributed by atoms with Gasteiger partial charge >= 0.3 is 0 Å². The van der Waals surface area contributed by atoms with Crippen molar-refractivity contribution in [2.45, 2.75) is 77.5 Å². The Morgan fingerprint density at radius 2 is 2.00 bits per heavy atom. The van der Waals surface area contributed by atoms with Crippen molar-refractivity contribution in [1.82, 2.24) is 25.1 Å². The number of nitrogens with one attached hydrogen (secondary N) is 2. The summed E-state index contributed by atoms with van der Waals surface area (Å²) in [6, 6.07) is 0.123. The first kappa shape index (κ1) is 19.4. The minimum absolute atomic E-state index is 0.0572. The summed E-state index contributed by atoms with van der Waals surface area (Å²) in [6.07, 6.45) is 5.70. The molecule has 1 saturated carbocycles. The predicted octanol–water partition coefficient (Wildman–Crippen LogP) is 1.31. The first-order valence-electron chi connectivity index (χ1n) is 9.76. The lowest BCUT2D eigenvalue weighted by molar-refractivity contribution is -0.133. The van der Waals surface area contributed by atoms with E-state index >= 15 is 0 Å². The van der Waals surface area contributed by atoms with Crippen molar-refractivity contribution < 1.29 is 14.4 Å². The van der Waals surface area contributed by atoms with E-state index in [0.29, 0.717) is 6.54 Å². The highest BCUT2D eigenvalue weighted by atomic mass is 16.2. The van der Waals surface area contributed by atoms with Crippen LogP contribution < -0.4 is 10.6 Å². The zero-order valence-corrected chi connectivity index (χ0v) is 16.5. The van der Waals surface area contributed by atoms with Crippen LogP contribution in [0.25, 0.3) is 0 Å². The van der Waals surface area contributed by atoms with Crippen LogP contribution >= 0.6 is 0 Å². The Bertz CT molecular complexity index is 751. The van der Waals surface area contributed by atoms with E-state index in [1.165, 1.54) is 6.33 Å². The van der Waals surface area contributed by atoms with Gasteiger partial charge in [0.1, 0.15) is 11.2 Å². The molecule has 0 saturated heterocycles. The summed E-state index contributed by atoms with van der Waals surface area (Å²) < 4.78 is 1.64. The lowest BCUT2D eigenvalue weighted by Crippen LogP contribution is -2.64. The summed E-state index contributed by atoms with van der Waals surface area (Å²) >= 11 is 0. The Morgan fingerprint density at radius 1 is 1.33 bits per heavy atom. The molecule has 3 amide bonds. The van der Waals surface area contributed by atoms with E-state index in [-0.39, 0.29) is 47.7 Å². The molecule has 1 unspecified atom stereocenters. The smallest absolute Gasteiger partial charge is 0.273 e. The summed E-state index contributed by atoms with van der Waals surface area (Å²) in [4.78, 5) is 44.4. The lowest BCUT2D eigenvalue weighted by Gasteiger charge is -2.43. The molecule has 1 aliphatic carbocycles. The number of imidazole rings is 1. The van der Waals surface area contributed by atoms with Crippen molar-refractivity contribution in [2.24, 2.45) is 0 Å². The van der Waals surface area contributed by atoms with Crippen LogP contribution in [0.5, 0.6) is 0 Å². The number of hydrogen-bond acceptors (Lipinski definition) is 4. The van der Waals surface area contributed by atoms with Gasteiger partial charge in [0.2, 0.25) is 5.91 Å². The average molecular weight is 375 g/mol. The number of hydrogen-bond donors (Lipinski definition) is 2. The minimum Gasteiger partial charge on any atom is -0.351 e. The Hall–Kier alpha value is -2.38. The first-order valence-corrected chi connectivity index (χ1v) is 9.76. The van der Waals surface area contributed by atoms with Crippen LogP contribution in [0.15, 0.2) is 6.33 Å². The van der Waals surface area contributed by atoms with Crippen molar-refractivity contribution in [3.63, 3.8) is 0 Å². The molecule has 148 valence electrons. The number of carbonyl (C=O) groups is 3. The van der Waals surface area contributed by atoms with E-state index < -0.39 is 5.54 Å². The zero-order valence-electron chi connectivity index (χ0n) is 16.5. The topological polar surface area (TPSA) is 96.3 Å². The van der Waals surface area contributed by atoms with Gasteiger partial charge in [0.15, 0.2) is 5.69 Å². The Morgan fingerprint density at radius 3 is 2.59 bits per heavy atom. The van der Waals surface area contributed by atoms with Crippen molar-refractivity contribution in [3.05, 3.63) is 17.7 Å². The second-order valence-electron chi connectivity index (χ2n) is 7.98. The van der Waals surface area contributed by atoms with Crippen molar-refractivity contribution in [1.29, 1.82) is 0 Å². The quantitative estimate of drug-likeness (QED) is 0.811. The Labute approximate surface area is 159 Å². The molecular formula is C19H29N5O3. The third-order valence-corrected chi connectivity index (χ3v) is 5.49. The molecule has 1 aliphatic heterocycles. The third kappa shape index (κ3) is 3.44. The average Bonchev–Trinajstić information content (AvgIpc) is 3.24. The number of likely N-dealkylation sites (N-methyl/N-ethyl adjacent to an activating group) is 1. The molecule has 1 aromatic rings. The fourth-order valence-corrected chi connectivity index (χ4v) is 4.09. The van der Waals surface area contributed by atoms with Gasteiger partial charge in [0, 0.05) is 18.6 Å². The second-order valence-corrected chi connectivity index (χ2v) is 7.98. The molecule has 27 heavy (non-hydrogen) atoms. The van der Waals surface area contributed by atoms with Crippen LogP contribution in [-0.2, 0) is 11.3 Å². The molecule has 2 aliphatic rings. The number of rotatable bonds is 5. The highest BCUT2D eigenvalue weighted by molar-refractivity contribution is 6.07. The Kier molecular flexibility index (Phi) is 5.26. The van der Waals surface area contributed by atoms with Gasteiger partial charge in [0.25, 0.3) is 11.8 Å². The van der Waals surface area contributed by atoms with Gasteiger partial charge in [-0.2, -0.15) is 0 Å². The van der Waals surface area contributed by atoms with Crippen LogP contribution in [-0.4, -0.2) is 56.3 Å². The highest BCUT2D eigenvalue weighted by Gasteiger charge is 2.48. The molecule has 0 radical (unpaired) electrons. The summed E-state index contributed by atoms with van der Waals surface area (Å²) in [5.74, 6) is -0.849. The van der Waals surface area contributed by atoms with Gasteiger partial charge in [-0.1, -0.05) is 12.8 Å². The van der Waals surface area contributed by atoms with Gasteiger partial charge in [-0.05, 0) is 40.5 Å². The van der Waals surface area contributed by atoms with E-state index in [1.54, 1.807) is 16.4 Å². The maximum atomic E-state index is 13.2.